The lowest BCUT2D eigenvalue weighted by Gasteiger charge is -2.22. The van der Waals surface area contributed by atoms with Crippen LogP contribution in [-0.4, -0.2) is 45.9 Å². The van der Waals surface area contributed by atoms with E-state index in [0.717, 1.165) is 0 Å². The van der Waals surface area contributed by atoms with Gasteiger partial charge in [-0.25, -0.2) is 26.5 Å². The van der Waals surface area contributed by atoms with Crippen LogP contribution in [0.25, 0.3) is 0 Å². The van der Waals surface area contributed by atoms with E-state index in [9.17, 15) is 16.8 Å². The van der Waals surface area contributed by atoms with Gasteiger partial charge in [0.25, 0.3) is 0 Å². The van der Waals surface area contributed by atoms with Gasteiger partial charge in [0.15, 0.2) is 9.84 Å². The van der Waals surface area contributed by atoms with Crippen molar-refractivity contribution in [2.75, 3.05) is 23.4 Å². The molecule has 1 aromatic heterocycles. The number of aromatic nitrogens is 1. The van der Waals surface area contributed by atoms with Crippen molar-refractivity contribution in [2.24, 2.45) is 0 Å². The van der Waals surface area contributed by atoms with Gasteiger partial charge in [-0.05, 0) is 31.9 Å². The van der Waals surface area contributed by atoms with Crippen molar-refractivity contribution in [3.63, 3.8) is 0 Å². The van der Waals surface area contributed by atoms with Crippen molar-refractivity contribution in [3.05, 3.63) is 18.3 Å². The fraction of sp³-hybridized carbons (Fsp3) is 0.583. The van der Waals surface area contributed by atoms with Crippen molar-refractivity contribution >= 4 is 25.7 Å². The molecule has 7 nitrogen and oxygen atoms in total. The van der Waals surface area contributed by atoms with Crippen LogP contribution in [0.3, 0.4) is 0 Å². The molecule has 0 aliphatic carbocycles. The molecule has 2 heterocycles. The van der Waals surface area contributed by atoms with Gasteiger partial charge in [0.1, 0.15) is 10.7 Å². The van der Waals surface area contributed by atoms with E-state index < -0.39 is 25.9 Å². The minimum Gasteiger partial charge on any atom is -0.370 e. The molecule has 1 atom stereocenters. The second-order valence-electron chi connectivity index (χ2n) is 4.98. The number of hydrogen-bond acceptors (Lipinski definition) is 6. The van der Waals surface area contributed by atoms with E-state index in [1.54, 1.807) is 6.07 Å². The van der Waals surface area contributed by atoms with E-state index in [0.29, 0.717) is 25.2 Å². The zero-order chi connectivity index (χ0) is 15.5. The average Bonchev–Trinajstić information content (AvgIpc) is 2.38. The minimum atomic E-state index is -3.75. The Bertz CT molecular complexity index is 684. The monoisotopic (exact) mass is 333 g/mol. The Balaban J connectivity index is 2.11. The van der Waals surface area contributed by atoms with E-state index in [1.165, 1.54) is 12.3 Å². The smallest absolute Gasteiger partial charge is 0.242 e. The van der Waals surface area contributed by atoms with Crippen LogP contribution in [-0.2, 0) is 19.9 Å². The molecular weight excluding hydrogens is 314 g/mol. The topological polar surface area (TPSA) is 105 Å². The van der Waals surface area contributed by atoms with Crippen molar-refractivity contribution in [1.82, 2.24) is 9.71 Å². The van der Waals surface area contributed by atoms with E-state index in [-0.39, 0.29) is 16.4 Å². The van der Waals surface area contributed by atoms with Gasteiger partial charge in [-0.2, -0.15) is 0 Å². The summed E-state index contributed by atoms with van der Waals surface area (Å²) in [6.45, 7) is 2.61. The molecular formula is C12H19N3O4S2. The highest BCUT2D eigenvalue weighted by molar-refractivity contribution is 7.91. The summed E-state index contributed by atoms with van der Waals surface area (Å²) >= 11 is 0. The maximum absolute atomic E-state index is 12.2. The van der Waals surface area contributed by atoms with Crippen molar-refractivity contribution in [1.29, 1.82) is 0 Å². The molecule has 1 aliphatic rings. The first kappa shape index (κ1) is 16.2. The van der Waals surface area contributed by atoms with Crippen molar-refractivity contribution < 1.29 is 16.8 Å². The number of sulfonamides is 1. The molecule has 9 heteroatoms. The molecule has 0 saturated carbocycles. The van der Waals surface area contributed by atoms with Crippen LogP contribution in [0.2, 0.25) is 0 Å². The van der Waals surface area contributed by atoms with Gasteiger partial charge in [0, 0.05) is 18.8 Å². The Morgan fingerprint density at radius 1 is 1.38 bits per heavy atom. The second-order valence-corrected chi connectivity index (χ2v) is 8.93. The molecule has 2 rings (SSSR count). The predicted octanol–water partition coefficient (Wildman–Crippen LogP) is 0.369. The zero-order valence-corrected chi connectivity index (χ0v) is 13.4. The fourth-order valence-corrected chi connectivity index (χ4v) is 5.18. The largest absolute Gasteiger partial charge is 0.370 e. The standard InChI is InChI=1S/C12H19N3O4S2/c1-2-13-12-6-5-11(8-14-12)21(18,19)15-10-4-3-7-20(16,17)9-10/h5-6,8,10,15H,2-4,7,9H2,1H3,(H,13,14). The molecule has 1 aliphatic heterocycles. The Morgan fingerprint density at radius 2 is 2.14 bits per heavy atom. The quantitative estimate of drug-likeness (QED) is 0.806. The van der Waals surface area contributed by atoms with Crippen LogP contribution in [0, 0.1) is 0 Å². The lowest BCUT2D eigenvalue weighted by Crippen LogP contribution is -2.43. The Labute approximate surface area is 125 Å². The first-order valence-corrected chi connectivity index (χ1v) is 10.1. The summed E-state index contributed by atoms with van der Waals surface area (Å²) in [6, 6.07) is 2.46. The average molecular weight is 333 g/mol. The third-order valence-corrected chi connectivity index (χ3v) is 6.52. The number of pyridine rings is 1. The normalized spacial score (nSPS) is 21.9. The molecule has 1 saturated heterocycles. The zero-order valence-electron chi connectivity index (χ0n) is 11.7. The lowest BCUT2D eigenvalue weighted by molar-refractivity contribution is 0.517. The molecule has 118 valence electrons. The summed E-state index contributed by atoms with van der Waals surface area (Å²) in [5.41, 5.74) is 0. The van der Waals surface area contributed by atoms with Gasteiger partial charge in [-0.15, -0.1) is 0 Å². The van der Waals surface area contributed by atoms with Crippen LogP contribution in [0.4, 0.5) is 5.82 Å². The molecule has 2 N–H and O–H groups in total. The Kier molecular flexibility index (Phi) is 4.84. The SMILES string of the molecule is CCNc1ccc(S(=O)(=O)NC2CCCS(=O)(=O)C2)cn1. The summed E-state index contributed by atoms with van der Waals surface area (Å²) < 4.78 is 50.0. The molecule has 1 unspecified atom stereocenters. The highest BCUT2D eigenvalue weighted by Gasteiger charge is 2.28. The molecule has 0 spiro atoms. The predicted molar refractivity (Wildman–Crippen MR) is 80.4 cm³/mol. The van der Waals surface area contributed by atoms with Gasteiger partial charge in [0.2, 0.25) is 10.0 Å². The molecule has 1 aromatic rings. The van der Waals surface area contributed by atoms with E-state index >= 15 is 0 Å². The van der Waals surface area contributed by atoms with Gasteiger partial charge >= 0.3 is 0 Å². The Hall–Kier alpha value is -1.19. The minimum absolute atomic E-state index is 0.0344. The molecule has 0 bridgehead atoms. The van der Waals surface area contributed by atoms with Crippen LogP contribution in [0.1, 0.15) is 19.8 Å². The number of hydrogen-bond donors (Lipinski definition) is 2. The maximum Gasteiger partial charge on any atom is 0.242 e. The van der Waals surface area contributed by atoms with Gasteiger partial charge in [0.05, 0.1) is 11.5 Å². The van der Waals surface area contributed by atoms with Crippen molar-refractivity contribution in [2.45, 2.75) is 30.7 Å². The van der Waals surface area contributed by atoms with Crippen LogP contribution in [0.15, 0.2) is 23.2 Å². The summed E-state index contributed by atoms with van der Waals surface area (Å²) in [5.74, 6) is 0.580. The number of nitrogens with one attached hydrogen (secondary N) is 2. The fourth-order valence-electron chi connectivity index (χ4n) is 2.23. The van der Waals surface area contributed by atoms with Gasteiger partial charge < -0.3 is 5.32 Å². The molecule has 0 radical (unpaired) electrons. The van der Waals surface area contributed by atoms with Gasteiger partial charge in [-0.3, -0.25) is 0 Å². The van der Waals surface area contributed by atoms with Gasteiger partial charge in [-0.1, -0.05) is 0 Å². The molecule has 0 aromatic carbocycles. The molecule has 1 fully saturated rings. The van der Waals surface area contributed by atoms with Crippen LogP contribution < -0.4 is 10.0 Å². The summed E-state index contributed by atoms with van der Waals surface area (Å²) in [7, 11) is -6.90. The molecule has 0 amide bonds. The lowest BCUT2D eigenvalue weighted by atomic mass is 10.2. The number of rotatable bonds is 5. The first-order valence-electron chi connectivity index (χ1n) is 6.75. The highest BCUT2D eigenvalue weighted by atomic mass is 32.2. The number of anilines is 1. The molecule has 21 heavy (non-hydrogen) atoms. The second kappa shape index (κ2) is 6.29. The van der Waals surface area contributed by atoms with E-state index in [1.807, 2.05) is 6.92 Å². The summed E-state index contributed by atoms with van der Waals surface area (Å²) in [6.07, 6.45) is 2.27. The van der Waals surface area contributed by atoms with Crippen LogP contribution >= 0.6 is 0 Å². The van der Waals surface area contributed by atoms with Crippen molar-refractivity contribution in [3.8, 4) is 0 Å². The maximum atomic E-state index is 12.2. The van der Waals surface area contributed by atoms with Crippen LogP contribution in [0.5, 0.6) is 0 Å². The first-order chi connectivity index (χ1) is 9.82. The Morgan fingerprint density at radius 3 is 2.71 bits per heavy atom. The third kappa shape index (κ3) is 4.39. The summed E-state index contributed by atoms with van der Waals surface area (Å²) in [5, 5.41) is 2.97. The number of sulfone groups is 1. The highest BCUT2D eigenvalue weighted by Crippen LogP contribution is 2.16. The number of nitrogens with zero attached hydrogens (tertiary/aromatic N) is 1. The summed E-state index contributed by atoms with van der Waals surface area (Å²) in [4.78, 5) is 4.04. The van der Waals surface area contributed by atoms with E-state index in [4.69, 9.17) is 0 Å². The van der Waals surface area contributed by atoms with E-state index in [2.05, 4.69) is 15.0 Å². The third-order valence-electron chi connectivity index (χ3n) is 3.19.